The molecule has 0 aliphatic carbocycles. The zero-order valence-electron chi connectivity index (χ0n) is 11.4. The maximum Gasteiger partial charge on any atom is 0.280 e. The Hall–Kier alpha value is -2.35. The number of hydrogen-bond acceptors (Lipinski definition) is 6. The molecule has 7 nitrogen and oxygen atoms in total. The van der Waals surface area contributed by atoms with Crippen LogP contribution in [0.15, 0.2) is 38.8 Å². The predicted molar refractivity (Wildman–Crippen MR) is 83.3 cm³/mol. The maximum atomic E-state index is 11.3. The fourth-order valence-electron chi connectivity index (χ4n) is 1.57. The number of hydrogen-bond donors (Lipinski definition) is 2. The molecule has 0 bridgehead atoms. The fraction of sp³-hybridized carbons (Fsp3) is 0.154. The van der Waals surface area contributed by atoms with Crippen molar-refractivity contribution < 1.29 is 9.47 Å². The van der Waals surface area contributed by atoms with Gasteiger partial charge >= 0.3 is 0 Å². The molecule has 1 heterocycles. The first-order valence-corrected chi connectivity index (χ1v) is 6.69. The molecular formula is C13H13BrN4O3. The Labute approximate surface area is 129 Å². The van der Waals surface area contributed by atoms with Crippen molar-refractivity contribution in [3.05, 3.63) is 44.8 Å². The molecule has 21 heavy (non-hydrogen) atoms. The number of halogens is 1. The zero-order valence-corrected chi connectivity index (χ0v) is 13.0. The second-order valence-corrected chi connectivity index (χ2v) is 4.70. The second-order valence-electron chi connectivity index (χ2n) is 3.91. The van der Waals surface area contributed by atoms with E-state index in [1.807, 2.05) is 6.07 Å². The SMILES string of the molecule is COc1ccc(/C=N\Nc2cn[nH]c(=O)c2Br)cc1OC. The van der Waals surface area contributed by atoms with Crippen LogP contribution in [0.5, 0.6) is 11.5 Å². The first-order chi connectivity index (χ1) is 10.2. The standard InChI is InChI=1S/C13H13BrN4O3/c1-20-10-4-3-8(5-11(10)21-2)6-15-17-9-7-16-18-13(19)12(9)14/h3-7H,1-2H3,(H2,17,18,19)/b15-6-. The zero-order chi connectivity index (χ0) is 15.2. The summed E-state index contributed by atoms with van der Waals surface area (Å²) in [5.41, 5.74) is 3.69. The highest BCUT2D eigenvalue weighted by Gasteiger charge is 2.04. The summed E-state index contributed by atoms with van der Waals surface area (Å²) in [6.45, 7) is 0. The minimum absolute atomic E-state index is 0.332. The number of hydrazone groups is 1. The van der Waals surface area contributed by atoms with E-state index in [4.69, 9.17) is 9.47 Å². The van der Waals surface area contributed by atoms with Gasteiger partial charge in [0.1, 0.15) is 4.47 Å². The van der Waals surface area contributed by atoms with Gasteiger partial charge in [-0.2, -0.15) is 10.2 Å². The van der Waals surface area contributed by atoms with Crippen LogP contribution in [-0.2, 0) is 0 Å². The van der Waals surface area contributed by atoms with Gasteiger partial charge in [-0.25, -0.2) is 5.10 Å². The van der Waals surface area contributed by atoms with Crippen LogP contribution >= 0.6 is 15.9 Å². The van der Waals surface area contributed by atoms with Crippen LogP contribution in [0.4, 0.5) is 5.69 Å². The lowest BCUT2D eigenvalue weighted by atomic mass is 10.2. The van der Waals surface area contributed by atoms with Gasteiger partial charge in [-0.1, -0.05) is 0 Å². The summed E-state index contributed by atoms with van der Waals surface area (Å²) in [7, 11) is 3.14. The van der Waals surface area contributed by atoms with E-state index in [-0.39, 0.29) is 5.56 Å². The van der Waals surface area contributed by atoms with Gasteiger partial charge in [0.2, 0.25) is 0 Å². The Bertz CT molecular complexity index is 715. The van der Waals surface area contributed by atoms with Gasteiger partial charge in [-0.3, -0.25) is 10.2 Å². The lowest BCUT2D eigenvalue weighted by molar-refractivity contribution is 0.355. The predicted octanol–water partition coefficient (Wildman–Crippen LogP) is 2.00. The third-order valence-corrected chi connectivity index (χ3v) is 3.39. The van der Waals surface area contributed by atoms with Crippen molar-refractivity contribution in [2.75, 3.05) is 19.6 Å². The second kappa shape index (κ2) is 6.89. The van der Waals surface area contributed by atoms with Crippen molar-refractivity contribution in [3.63, 3.8) is 0 Å². The van der Waals surface area contributed by atoms with Gasteiger partial charge in [0, 0.05) is 0 Å². The molecule has 0 atom stereocenters. The lowest BCUT2D eigenvalue weighted by Gasteiger charge is -2.07. The smallest absolute Gasteiger partial charge is 0.280 e. The molecule has 0 saturated carbocycles. The van der Waals surface area contributed by atoms with Crippen molar-refractivity contribution in [3.8, 4) is 11.5 Å². The molecule has 1 aromatic heterocycles. The third kappa shape index (κ3) is 3.60. The molecule has 1 aromatic carbocycles. The fourth-order valence-corrected chi connectivity index (χ4v) is 1.85. The van der Waals surface area contributed by atoms with E-state index in [2.05, 4.69) is 36.7 Å². The first kappa shape index (κ1) is 15.0. The van der Waals surface area contributed by atoms with Crippen LogP contribution in [0.1, 0.15) is 5.56 Å². The number of rotatable bonds is 5. The molecule has 0 amide bonds. The molecule has 0 spiro atoms. The Kier molecular flexibility index (Phi) is 4.94. The Morgan fingerprint density at radius 2 is 2.10 bits per heavy atom. The van der Waals surface area contributed by atoms with Crippen LogP contribution in [-0.4, -0.2) is 30.6 Å². The number of anilines is 1. The summed E-state index contributed by atoms with van der Waals surface area (Å²) in [6, 6.07) is 5.40. The van der Waals surface area contributed by atoms with E-state index in [0.717, 1.165) is 5.56 Å². The molecule has 0 unspecified atom stereocenters. The van der Waals surface area contributed by atoms with Crippen molar-refractivity contribution in [1.82, 2.24) is 10.2 Å². The van der Waals surface area contributed by atoms with E-state index < -0.39 is 0 Å². The summed E-state index contributed by atoms with van der Waals surface area (Å²) in [6.07, 6.45) is 3.05. The number of ether oxygens (including phenoxy) is 2. The van der Waals surface area contributed by atoms with Crippen molar-refractivity contribution in [2.45, 2.75) is 0 Å². The topological polar surface area (TPSA) is 88.6 Å². The van der Waals surface area contributed by atoms with Gasteiger partial charge in [0.05, 0.1) is 32.3 Å². The number of aromatic nitrogens is 2. The molecule has 110 valence electrons. The summed E-state index contributed by atoms with van der Waals surface area (Å²) in [4.78, 5) is 11.3. The molecular weight excluding hydrogens is 340 g/mol. The number of H-pyrrole nitrogens is 1. The molecule has 2 rings (SSSR count). The van der Waals surface area contributed by atoms with Crippen LogP contribution in [0.2, 0.25) is 0 Å². The molecule has 0 aliphatic heterocycles. The molecule has 0 radical (unpaired) electrons. The van der Waals surface area contributed by atoms with E-state index in [1.165, 1.54) is 6.20 Å². The van der Waals surface area contributed by atoms with E-state index in [1.54, 1.807) is 32.6 Å². The molecule has 2 aromatic rings. The summed E-state index contributed by atoms with van der Waals surface area (Å²) >= 11 is 3.15. The average Bonchev–Trinajstić information content (AvgIpc) is 2.51. The van der Waals surface area contributed by atoms with E-state index >= 15 is 0 Å². The third-order valence-electron chi connectivity index (χ3n) is 2.60. The number of nitrogens with zero attached hydrogens (tertiary/aromatic N) is 2. The highest BCUT2D eigenvalue weighted by atomic mass is 79.9. The Morgan fingerprint density at radius 3 is 2.81 bits per heavy atom. The normalized spacial score (nSPS) is 10.6. The molecule has 8 heteroatoms. The summed E-state index contributed by atoms with van der Waals surface area (Å²) < 4.78 is 10.7. The maximum absolute atomic E-state index is 11.3. The van der Waals surface area contributed by atoms with Gasteiger partial charge < -0.3 is 9.47 Å². The number of methoxy groups -OCH3 is 2. The summed E-state index contributed by atoms with van der Waals surface area (Å²) in [5, 5.41) is 10.0. The highest BCUT2D eigenvalue weighted by molar-refractivity contribution is 9.10. The van der Waals surface area contributed by atoms with Crippen LogP contribution in [0.3, 0.4) is 0 Å². The highest BCUT2D eigenvalue weighted by Crippen LogP contribution is 2.26. The van der Waals surface area contributed by atoms with E-state index in [0.29, 0.717) is 21.7 Å². The van der Waals surface area contributed by atoms with Crippen LogP contribution < -0.4 is 20.5 Å². The number of benzene rings is 1. The van der Waals surface area contributed by atoms with Crippen molar-refractivity contribution in [2.24, 2.45) is 5.10 Å². The number of nitrogens with one attached hydrogen (secondary N) is 2. The van der Waals surface area contributed by atoms with E-state index in [9.17, 15) is 4.79 Å². The van der Waals surface area contributed by atoms with Crippen molar-refractivity contribution in [1.29, 1.82) is 0 Å². The number of aromatic amines is 1. The van der Waals surface area contributed by atoms with Gasteiger partial charge in [-0.05, 0) is 39.7 Å². The van der Waals surface area contributed by atoms with Gasteiger partial charge in [-0.15, -0.1) is 0 Å². The van der Waals surface area contributed by atoms with Gasteiger partial charge in [0.25, 0.3) is 5.56 Å². The summed E-state index contributed by atoms with van der Waals surface area (Å²) in [5.74, 6) is 1.25. The molecule has 2 N–H and O–H groups in total. The van der Waals surface area contributed by atoms with Crippen LogP contribution in [0, 0.1) is 0 Å². The molecule has 0 aliphatic rings. The largest absolute Gasteiger partial charge is 0.493 e. The lowest BCUT2D eigenvalue weighted by Crippen LogP contribution is -2.10. The monoisotopic (exact) mass is 352 g/mol. The first-order valence-electron chi connectivity index (χ1n) is 5.90. The average molecular weight is 353 g/mol. The Balaban J connectivity index is 2.14. The molecule has 0 saturated heterocycles. The Morgan fingerprint density at radius 1 is 1.33 bits per heavy atom. The minimum atomic E-state index is -0.332. The quantitative estimate of drug-likeness (QED) is 0.634. The van der Waals surface area contributed by atoms with Crippen molar-refractivity contribution >= 4 is 27.8 Å². The minimum Gasteiger partial charge on any atom is -0.493 e. The van der Waals surface area contributed by atoms with Crippen LogP contribution in [0.25, 0.3) is 0 Å². The molecule has 0 fully saturated rings. The van der Waals surface area contributed by atoms with Gasteiger partial charge in [0.15, 0.2) is 11.5 Å².